The van der Waals surface area contributed by atoms with Gasteiger partial charge in [0.15, 0.2) is 0 Å². The van der Waals surface area contributed by atoms with Gasteiger partial charge in [0.25, 0.3) is 0 Å². The van der Waals surface area contributed by atoms with Gasteiger partial charge in [-0.15, -0.1) is 0 Å². The first-order valence-electron chi connectivity index (χ1n) is 8.24. The highest BCUT2D eigenvalue weighted by atomic mass is 16.3. The zero-order valence-electron chi connectivity index (χ0n) is 13.5. The zero-order chi connectivity index (χ0) is 15.5. The minimum atomic E-state index is 0.0508. The Balaban J connectivity index is 2.12. The summed E-state index contributed by atoms with van der Waals surface area (Å²) in [5.41, 5.74) is 7.07. The van der Waals surface area contributed by atoms with Crippen LogP contribution in [0.2, 0.25) is 0 Å². The molecule has 1 aliphatic rings. The van der Waals surface area contributed by atoms with Gasteiger partial charge in [-0.05, 0) is 36.5 Å². The Labute approximate surface area is 132 Å². The van der Waals surface area contributed by atoms with Crippen LogP contribution in [0, 0.1) is 0 Å². The minimum absolute atomic E-state index is 0.0508. The quantitative estimate of drug-likeness (QED) is 0.916. The molecule has 0 atom stereocenters. The van der Waals surface area contributed by atoms with Crippen molar-refractivity contribution in [1.82, 2.24) is 4.98 Å². The van der Waals surface area contributed by atoms with E-state index in [1.54, 1.807) is 0 Å². The van der Waals surface area contributed by atoms with Crippen molar-refractivity contribution < 1.29 is 5.11 Å². The molecule has 1 fully saturated rings. The summed E-state index contributed by atoms with van der Waals surface area (Å²) >= 11 is 0. The molecule has 0 bridgehead atoms. The van der Waals surface area contributed by atoms with Crippen molar-refractivity contribution in [2.75, 3.05) is 18.0 Å². The lowest BCUT2D eigenvalue weighted by Crippen LogP contribution is -2.37. The van der Waals surface area contributed by atoms with Crippen molar-refractivity contribution in [3.63, 3.8) is 0 Å². The molecule has 0 radical (unpaired) electrons. The molecule has 1 aromatic heterocycles. The fourth-order valence-electron chi connectivity index (χ4n) is 3.15. The number of rotatable bonds is 5. The van der Waals surface area contributed by atoms with E-state index in [9.17, 15) is 5.11 Å². The van der Waals surface area contributed by atoms with Crippen LogP contribution in [0.25, 0.3) is 11.3 Å². The summed E-state index contributed by atoms with van der Waals surface area (Å²) in [7, 11) is 0. The van der Waals surface area contributed by atoms with Gasteiger partial charge in [0.05, 0.1) is 12.3 Å². The normalized spacial score (nSPS) is 14.0. The highest BCUT2D eigenvalue weighted by molar-refractivity contribution is 5.72. The number of anilines is 1. The monoisotopic (exact) mass is 296 g/mol. The van der Waals surface area contributed by atoms with Crippen LogP contribution in [0.4, 0.5) is 5.69 Å². The third kappa shape index (κ3) is 2.61. The summed E-state index contributed by atoms with van der Waals surface area (Å²) in [6, 6.07) is 8.69. The molecule has 3 rings (SSSR count). The highest BCUT2D eigenvalue weighted by Crippen LogP contribution is 2.33. The van der Waals surface area contributed by atoms with E-state index in [0.717, 1.165) is 42.9 Å². The van der Waals surface area contributed by atoms with Gasteiger partial charge in [-0.1, -0.05) is 32.0 Å². The summed E-state index contributed by atoms with van der Waals surface area (Å²) in [6.45, 7) is 6.58. The Morgan fingerprint density at radius 1 is 1.09 bits per heavy atom. The lowest BCUT2D eigenvalue weighted by atomic mass is 9.94. The molecule has 3 heteroatoms. The zero-order valence-corrected chi connectivity index (χ0v) is 13.5. The Morgan fingerprint density at radius 2 is 1.77 bits per heavy atom. The van der Waals surface area contributed by atoms with Crippen LogP contribution in [0.3, 0.4) is 0 Å². The molecule has 1 saturated heterocycles. The molecular weight excluding hydrogens is 272 g/mol. The summed E-state index contributed by atoms with van der Waals surface area (Å²) < 4.78 is 0. The molecule has 0 amide bonds. The number of hydrogen-bond donors (Lipinski definition) is 1. The summed E-state index contributed by atoms with van der Waals surface area (Å²) in [5.74, 6) is 0. The average molecular weight is 296 g/mol. The Kier molecular flexibility index (Phi) is 4.44. The molecule has 2 heterocycles. The van der Waals surface area contributed by atoms with E-state index in [1.807, 2.05) is 6.20 Å². The second-order valence-corrected chi connectivity index (χ2v) is 5.86. The van der Waals surface area contributed by atoms with Crippen LogP contribution in [0.5, 0.6) is 0 Å². The maximum absolute atomic E-state index is 9.58. The molecule has 2 aromatic rings. The summed E-state index contributed by atoms with van der Waals surface area (Å²) in [4.78, 5) is 6.98. The second kappa shape index (κ2) is 6.49. The van der Waals surface area contributed by atoms with Crippen LogP contribution < -0.4 is 4.90 Å². The smallest absolute Gasteiger partial charge is 0.0728 e. The molecule has 0 spiro atoms. The highest BCUT2D eigenvalue weighted by Gasteiger charge is 2.20. The standard InChI is InChI=1S/C19H24N2O/c1-3-14-7-5-8-15(4-2)19(14)17-11-18(21-9-6-10-21)16(13-22)12-20-17/h5,7-8,11-12,22H,3-4,6,9-10,13H2,1-2H3. The van der Waals surface area contributed by atoms with Crippen molar-refractivity contribution in [3.8, 4) is 11.3 Å². The van der Waals surface area contributed by atoms with E-state index in [0.29, 0.717) is 0 Å². The third-order valence-corrected chi connectivity index (χ3v) is 4.58. The Morgan fingerprint density at radius 3 is 2.27 bits per heavy atom. The number of aliphatic hydroxyl groups is 1. The van der Waals surface area contributed by atoms with Crippen molar-refractivity contribution in [2.24, 2.45) is 0 Å². The predicted octanol–water partition coefficient (Wildman–Crippen LogP) is 3.58. The average Bonchev–Trinajstić information content (AvgIpc) is 2.52. The predicted molar refractivity (Wildman–Crippen MR) is 91.2 cm³/mol. The second-order valence-electron chi connectivity index (χ2n) is 5.86. The fraction of sp³-hybridized carbons (Fsp3) is 0.421. The van der Waals surface area contributed by atoms with Crippen LogP contribution in [-0.4, -0.2) is 23.2 Å². The van der Waals surface area contributed by atoms with Crippen LogP contribution in [0.1, 0.15) is 37.0 Å². The lowest BCUT2D eigenvalue weighted by molar-refractivity contribution is 0.281. The minimum Gasteiger partial charge on any atom is -0.392 e. The van der Waals surface area contributed by atoms with E-state index < -0.39 is 0 Å². The number of aliphatic hydroxyl groups excluding tert-OH is 1. The lowest BCUT2D eigenvalue weighted by Gasteiger charge is -2.34. The van der Waals surface area contributed by atoms with Crippen molar-refractivity contribution in [3.05, 3.63) is 47.2 Å². The van der Waals surface area contributed by atoms with Crippen LogP contribution >= 0.6 is 0 Å². The number of hydrogen-bond acceptors (Lipinski definition) is 3. The number of benzene rings is 1. The first-order chi connectivity index (χ1) is 10.8. The van der Waals surface area contributed by atoms with Gasteiger partial charge < -0.3 is 10.0 Å². The first kappa shape index (κ1) is 15.0. The number of nitrogens with zero attached hydrogens (tertiary/aromatic N) is 2. The van der Waals surface area contributed by atoms with Gasteiger partial charge in [0.1, 0.15) is 0 Å². The maximum Gasteiger partial charge on any atom is 0.0728 e. The van der Waals surface area contributed by atoms with Crippen molar-refractivity contribution in [2.45, 2.75) is 39.7 Å². The molecule has 1 aliphatic heterocycles. The Hall–Kier alpha value is -1.87. The maximum atomic E-state index is 9.58. The van der Waals surface area contributed by atoms with Gasteiger partial charge >= 0.3 is 0 Å². The van der Waals surface area contributed by atoms with Gasteiger partial charge in [-0.2, -0.15) is 0 Å². The third-order valence-electron chi connectivity index (χ3n) is 4.58. The molecular formula is C19H24N2O. The van der Waals surface area contributed by atoms with Crippen molar-refractivity contribution in [1.29, 1.82) is 0 Å². The topological polar surface area (TPSA) is 36.4 Å². The SMILES string of the molecule is CCc1cccc(CC)c1-c1cc(N2CCC2)c(CO)cn1. The first-order valence-corrected chi connectivity index (χ1v) is 8.24. The van der Waals surface area contributed by atoms with Crippen LogP contribution in [0.15, 0.2) is 30.5 Å². The summed E-state index contributed by atoms with van der Waals surface area (Å²) in [5, 5.41) is 9.58. The number of aromatic nitrogens is 1. The van der Waals surface area contributed by atoms with E-state index >= 15 is 0 Å². The molecule has 1 aromatic carbocycles. The van der Waals surface area contributed by atoms with Crippen molar-refractivity contribution >= 4 is 5.69 Å². The van der Waals surface area contributed by atoms with Gasteiger partial charge in [0, 0.05) is 36.1 Å². The Bertz CT molecular complexity index is 640. The van der Waals surface area contributed by atoms with Gasteiger partial charge in [0.2, 0.25) is 0 Å². The van der Waals surface area contributed by atoms with E-state index in [-0.39, 0.29) is 6.61 Å². The van der Waals surface area contributed by atoms with Gasteiger partial charge in [-0.25, -0.2) is 0 Å². The molecule has 3 nitrogen and oxygen atoms in total. The van der Waals surface area contributed by atoms with E-state index in [2.05, 4.69) is 48.0 Å². The molecule has 0 unspecified atom stereocenters. The van der Waals surface area contributed by atoms with Crippen LogP contribution in [-0.2, 0) is 19.4 Å². The molecule has 116 valence electrons. The largest absolute Gasteiger partial charge is 0.392 e. The van der Waals surface area contributed by atoms with E-state index in [4.69, 9.17) is 0 Å². The van der Waals surface area contributed by atoms with Gasteiger partial charge in [-0.3, -0.25) is 4.98 Å². The molecule has 1 N–H and O–H groups in total. The number of aryl methyl sites for hydroxylation is 2. The summed E-state index contributed by atoms with van der Waals surface area (Å²) in [6.07, 6.45) is 5.08. The fourth-order valence-corrected chi connectivity index (χ4v) is 3.15. The molecule has 0 saturated carbocycles. The number of pyridine rings is 1. The van der Waals surface area contributed by atoms with E-state index in [1.165, 1.54) is 23.1 Å². The molecule has 22 heavy (non-hydrogen) atoms. The molecule has 0 aliphatic carbocycles.